The first-order valence-electron chi connectivity index (χ1n) is 5.79. The number of rotatable bonds is 6. The molecule has 1 atom stereocenters. The number of hydrogen-bond acceptors (Lipinski definition) is 4. The van der Waals surface area contributed by atoms with Crippen molar-refractivity contribution in [3.63, 3.8) is 0 Å². The molecule has 0 fully saturated rings. The van der Waals surface area contributed by atoms with Crippen LogP contribution in [0.5, 0.6) is 0 Å². The van der Waals surface area contributed by atoms with E-state index in [0.717, 1.165) is 17.9 Å². The van der Waals surface area contributed by atoms with Crippen LogP contribution in [0.2, 0.25) is 0 Å². The summed E-state index contributed by atoms with van der Waals surface area (Å²) in [5.41, 5.74) is 1.81. The molecule has 5 heteroatoms. The van der Waals surface area contributed by atoms with E-state index in [-0.39, 0.29) is 12.5 Å². The van der Waals surface area contributed by atoms with Gasteiger partial charge in [0.15, 0.2) is 0 Å². The molecule has 5 nitrogen and oxygen atoms in total. The minimum absolute atomic E-state index is 0.0908. The van der Waals surface area contributed by atoms with Crippen LogP contribution in [0.15, 0.2) is 12.4 Å². The smallest absolute Gasteiger partial charge is 0.304 e. The highest BCUT2D eigenvalue weighted by Gasteiger charge is 2.18. The van der Waals surface area contributed by atoms with Gasteiger partial charge in [0.05, 0.1) is 23.9 Å². The van der Waals surface area contributed by atoms with E-state index in [1.165, 1.54) is 0 Å². The molecule has 0 bridgehead atoms. The Labute approximate surface area is 102 Å². The third kappa shape index (κ3) is 3.78. The van der Waals surface area contributed by atoms with Crippen molar-refractivity contribution in [3.8, 4) is 0 Å². The second-order valence-corrected chi connectivity index (χ2v) is 3.98. The lowest BCUT2D eigenvalue weighted by molar-refractivity contribution is -0.137. The molecule has 1 N–H and O–H groups in total. The highest BCUT2D eigenvalue weighted by molar-refractivity contribution is 5.66. The summed E-state index contributed by atoms with van der Waals surface area (Å²) in [6, 6.07) is 0.0908. The second kappa shape index (κ2) is 6.30. The minimum Gasteiger partial charge on any atom is -0.481 e. The molecule has 0 amide bonds. The average Bonchev–Trinajstić information content (AvgIpc) is 2.29. The average molecular weight is 237 g/mol. The van der Waals surface area contributed by atoms with Crippen molar-refractivity contribution in [1.29, 1.82) is 0 Å². The Kier molecular flexibility index (Phi) is 5.03. The van der Waals surface area contributed by atoms with Gasteiger partial charge in [0, 0.05) is 18.9 Å². The van der Waals surface area contributed by atoms with Crippen molar-refractivity contribution in [3.05, 3.63) is 23.8 Å². The Bertz CT molecular complexity index is 382. The molecule has 1 rings (SSSR count). The van der Waals surface area contributed by atoms with Gasteiger partial charge >= 0.3 is 5.97 Å². The van der Waals surface area contributed by atoms with E-state index >= 15 is 0 Å². The van der Waals surface area contributed by atoms with Crippen LogP contribution in [0.3, 0.4) is 0 Å². The Morgan fingerprint density at radius 3 is 2.65 bits per heavy atom. The summed E-state index contributed by atoms with van der Waals surface area (Å²) in [7, 11) is 0. The summed E-state index contributed by atoms with van der Waals surface area (Å²) in [5, 5.41) is 8.71. The number of aliphatic carboxylic acids is 1. The number of nitrogens with zero attached hydrogens (tertiary/aromatic N) is 3. The standard InChI is InChI=1S/C12H19N3O2/c1-4-15(8-5-11(16)17)10(3)12-9(2)13-6-7-14-12/h6-7,10H,4-5,8H2,1-3H3,(H,16,17). The van der Waals surface area contributed by atoms with Crippen molar-refractivity contribution in [1.82, 2.24) is 14.9 Å². The fourth-order valence-corrected chi connectivity index (χ4v) is 1.87. The van der Waals surface area contributed by atoms with Gasteiger partial charge in [-0.15, -0.1) is 0 Å². The van der Waals surface area contributed by atoms with Crippen molar-refractivity contribution in [2.75, 3.05) is 13.1 Å². The molecule has 0 radical (unpaired) electrons. The van der Waals surface area contributed by atoms with E-state index in [2.05, 4.69) is 14.9 Å². The lowest BCUT2D eigenvalue weighted by Gasteiger charge is -2.27. The van der Waals surface area contributed by atoms with E-state index in [9.17, 15) is 4.79 Å². The predicted octanol–water partition coefficient (Wildman–Crippen LogP) is 1.64. The maximum absolute atomic E-state index is 10.6. The van der Waals surface area contributed by atoms with Gasteiger partial charge in [-0.3, -0.25) is 19.7 Å². The molecule has 1 unspecified atom stereocenters. The van der Waals surface area contributed by atoms with Crippen LogP contribution in [-0.4, -0.2) is 39.0 Å². The van der Waals surface area contributed by atoms with Crippen LogP contribution < -0.4 is 0 Å². The molecule has 0 aliphatic carbocycles. The van der Waals surface area contributed by atoms with Crippen LogP contribution in [-0.2, 0) is 4.79 Å². The summed E-state index contributed by atoms with van der Waals surface area (Å²) in [6.45, 7) is 7.30. The van der Waals surface area contributed by atoms with Crippen LogP contribution in [0.25, 0.3) is 0 Å². The van der Waals surface area contributed by atoms with Crippen LogP contribution >= 0.6 is 0 Å². The van der Waals surface area contributed by atoms with E-state index in [1.54, 1.807) is 12.4 Å². The van der Waals surface area contributed by atoms with Crippen LogP contribution in [0.4, 0.5) is 0 Å². The van der Waals surface area contributed by atoms with Gasteiger partial charge in [-0.2, -0.15) is 0 Å². The Morgan fingerprint density at radius 2 is 2.12 bits per heavy atom. The first-order valence-corrected chi connectivity index (χ1v) is 5.79. The van der Waals surface area contributed by atoms with Gasteiger partial charge in [0.2, 0.25) is 0 Å². The van der Waals surface area contributed by atoms with Gasteiger partial charge in [0.25, 0.3) is 0 Å². The van der Waals surface area contributed by atoms with Crippen LogP contribution in [0.1, 0.15) is 37.7 Å². The molecular weight excluding hydrogens is 218 g/mol. The zero-order valence-corrected chi connectivity index (χ0v) is 10.6. The van der Waals surface area contributed by atoms with Crippen LogP contribution in [0, 0.1) is 6.92 Å². The first-order chi connectivity index (χ1) is 8.06. The lowest BCUT2D eigenvalue weighted by Crippen LogP contribution is -2.30. The van der Waals surface area contributed by atoms with E-state index < -0.39 is 5.97 Å². The number of carboxylic acid groups (broad SMARTS) is 1. The second-order valence-electron chi connectivity index (χ2n) is 3.98. The third-order valence-electron chi connectivity index (χ3n) is 2.88. The highest BCUT2D eigenvalue weighted by Crippen LogP contribution is 2.19. The molecule has 0 aromatic carbocycles. The summed E-state index contributed by atoms with van der Waals surface area (Å²) in [6.07, 6.45) is 3.49. The lowest BCUT2D eigenvalue weighted by atomic mass is 10.1. The molecule has 0 aliphatic rings. The molecular formula is C12H19N3O2. The molecule has 0 spiro atoms. The molecule has 17 heavy (non-hydrogen) atoms. The first kappa shape index (κ1) is 13.6. The van der Waals surface area contributed by atoms with Gasteiger partial charge in [-0.1, -0.05) is 6.92 Å². The van der Waals surface area contributed by atoms with Gasteiger partial charge in [-0.25, -0.2) is 0 Å². The Hall–Kier alpha value is -1.49. The molecule has 1 heterocycles. The largest absolute Gasteiger partial charge is 0.481 e. The zero-order chi connectivity index (χ0) is 12.8. The number of aromatic nitrogens is 2. The zero-order valence-electron chi connectivity index (χ0n) is 10.6. The van der Waals surface area contributed by atoms with Crippen molar-refractivity contribution in [2.24, 2.45) is 0 Å². The summed E-state index contributed by atoms with van der Waals surface area (Å²) in [5.74, 6) is -0.772. The fourth-order valence-electron chi connectivity index (χ4n) is 1.87. The maximum Gasteiger partial charge on any atom is 0.304 e. The molecule has 1 aromatic rings. The topological polar surface area (TPSA) is 66.3 Å². The van der Waals surface area contributed by atoms with Crippen molar-refractivity contribution in [2.45, 2.75) is 33.2 Å². The summed E-state index contributed by atoms with van der Waals surface area (Å²) >= 11 is 0. The van der Waals surface area contributed by atoms with E-state index in [4.69, 9.17) is 5.11 Å². The van der Waals surface area contributed by atoms with Gasteiger partial charge in [-0.05, 0) is 20.4 Å². The van der Waals surface area contributed by atoms with Crippen molar-refractivity contribution < 1.29 is 9.90 Å². The molecule has 0 saturated heterocycles. The Morgan fingerprint density at radius 1 is 1.47 bits per heavy atom. The SMILES string of the molecule is CCN(CCC(=O)O)C(C)c1nccnc1C. The molecule has 94 valence electrons. The number of aryl methyl sites for hydroxylation is 1. The summed E-state index contributed by atoms with van der Waals surface area (Å²) < 4.78 is 0. The van der Waals surface area contributed by atoms with E-state index in [0.29, 0.717) is 6.54 Å². The number of carboxylic acids is 1. The predicted molar refractivity (Wildman–Crippen MR) is 64.7 cm³/mol. The quantitative estimate of drug-likeness (QED) is 0.814. The van der Waals surface area contributed by atoms with Gasteiger partial charge in [0.1, 0.15) is 0 Å². The van der Waals surface area contributed by atoms with Crippen molar-refractivity contribution >= 4 is 5.97 Å². The van der Waals surface area contributed by atoms with Gasteiger partial charge < -0.3 is 5.11 Å². The maximum atomic E-state index is 10.6. The van der Waals surface area contributed by atoms with E-state index in [1.807, 2.05) is 20.8 Å². The summed E-state index contributed by atoms with van der Waals surface area (Å²) in [4.78, 5) is 21.2. The molecule has 0 aliphatic heterocycles. The highest BCUT2D eigenvalue weighted by atomic mass is 16.4. The Balaban J connectivity index is 2.75. The normalized spacial score (nSPS) is 12.7. The fraction of sp³-hybridized carbons (Fsp3) is 0.583. The number of hydrogen-bond donors (Lipinski definition) is 1. The minimum atomic E-state index is -0.772. The third-order valence-corrected chi connectivity index (χ3v) is 2.88. The molecule has 1 aromatic heterocycles. The number of carbonyl (C=O) groups is 1. The molecule has 0 saturated carbocycles. The monoisotopic (exact) mass is 237 g/mol.